The Morgan fingerprint density at radius 1 is 1.50 bits per heavy atom. The normalized spacial score (nSPS) is 23.6. The highest BCUT2D eigenvalue weighted by molar-refractivity contribution is 9.10. The Morgan fingerprint density at radius 2 is 2.35 bits per heavy atom. The summed E-state index contributed by atoms with van der Waals surface area (Å²) in [5.41, 5.74) is 1.10. The maximum Gasteiger partial charge on any atom is 0.239 e. The fraction of sp³-hybridized carbons (Fsp3) is 0.571. The molecule has 1 atom stereocenters. The lowest BCUT2D eigenvalue weighted by molar-refractivity contribution is -0.133. The number of nitrogens with zero attached hydrogens (tertiary/aromatic N) is 2. The number of amides is 1. The molecule has 0 bridgehead atoms. The van der Waals surface area contributed by atoms with Gasteiger partial charge in [0.05, 0.1) is 13.2 Å². The molecular weight excluding hydrogens is 322 g/mol. The number of carbonyl (C=O) groups excluding carboxylic acids is 1. The molecule has 0 radical (unpaired) electrons. The van der Waals surface area contributed by atoms with Gasteiger partial charge in [-0.1, -0.05) is 0 Å². The van der Waals surface area contributed by atoms with Crippen LogP contribution in [-0.2, 0) is 16.1 Å². The zero-order chi connectivity index (χ0) is 13.9. The van der Waals surface area contributed by atoms with Crippen molar-refractivity contribution in [2.75, 3.05) is 19.8 Å². The van der Waals surface area contributed by atoms with Gasteiger partial charge in [-0.3, -0.25) is 14.7 Å². The van der Waals surface area contributed by atoms with E-state index < -0.39 is 0 Å². The second-order valence-electron chi connectivity index (χ2n) is 5.36. The minimum absolute atomic E-state index is 0.0927. The Balaban J connectivity index is 1.66. The highest BCUT2D eigenvalue weighted by Crippen LogP contribution is 2.20. The molecule has 1 aliphatic heterocycles. The molecule has 2 heterocycles. The average molecular weight is 340 g/mol. The van der Waals surface area contributed by atoms with Gasteiger partial charge >= 0.3 is 0 Å². The first-order valence-corrected chi connectivity index (χ1v) is 7.73. The number of nitrogens with one attached hydrogen (secondary N) is 1. The summed E-state index contributed by atoms with van der Waals surface area (Å²) in [5, 5.41) is 3.07. The minimum atomic E-state index is -0.191. The standard InChI is InChI=1S/C14H18BrN3O2/c15-11-5-10(6-16-7-11)8-18-3-4-20-9-13(18)14(19)17-12-1-2-12/h5-7,12-13H,1-4,8-9H2,(H,17,19). The number of morpholine rings is 1. The number of aromatic nitrogens is 1. The molecule has 1 saturated heterocycles. The molecule has 1 aliphatic carbocycles. The molecule has 6 heteroatoms. The maximum atomic E-state index is 12.3. The molecule has 1 amide bonds. The first-order chi connectivity index (χ1) is 9.72. The lowest BCUT2D eigenvalue weighted by Gasteiger charge is -2.34. The molecule has 3 rings (SSSR count). The highest BCUT2D eigenvalue weighted by Gasteiger charge is 2.33. The smallest absolute Gasteiger partial charge is 0.239 e. The van der Waals surface area contributed by atoms with Gasteiger partial charge < -0.3 is 10.1 Å². The Morgan fingerprint density at radius 3 is 3.10 bits per heavy atom. The van der Waals surface area contributed by atoms with Crippen molar-refractivity contribution < 1.29 is 9.53 Å². The molecule has 0 spiro atoms. The number of hydrogen-bond acceptors (Lipinski definition) is 4. The van der Waals surface area contributed by atoms with Crippen LogP contribution in [0.1, 0.15) is 18.4 Å². The van der Waals surface area contributed by atoms with Gasteiger partial charge in [0.2, 0.25) is 5.91 Å². The van der Waals surface area contributed by atoms with Gasteiger partial charge in [0.1, 0.15) is 6.04 Å². The van der Waals surface area contributed by atoms with Crippen molar-refractivity contribution in [1.82, 2.24) is 15.2 Å². The number of hydrogen-bond donors (Lipinski definition) is 1. The number of pyridine rings is 1. The summed E-state index contributed by atoms with van der Waals surface area (Å²) < 4.78 is 6.43. The molecule has 1 aromatic rings. The Bertz CT molecular complexity index is 493. The molecule has 5 nitrogen and oxygen atoms in total. The number of carbonyl (C=O) groups is 1. The number of ether oxygens (including phenoxy) is 1. The molecule has 2 fully saturated rings. The Hall–Kier alpha value is -0.980. The molecule has 0 aromatic carbocycles. The van der Waals surface area contributed by atoms with Gasteiger partial charge in [-0.05, 0) is 40.4 Å². The van der Waals surface area contributed by atoms with Crippen LogP contribution in [0.3, 0.4) is 0 Å². The highest BCUT2D eigenvalue weighted by atomic mass is 79.9. The molecule has 1 aromatic heterocycles. The Labute approximate surface area is 126 Å². The van der Waals surface area contributed by atoms with Crippen LogP contribution in [0.5, 0.6) is 0 Å². The van der Waals surface area contributed by atoms with Gasteiger partial charge in [-0.2, -0.15) is 0 Å². The van der Waals surface area contributed by atoms with Gasteiger partial charge in [-0.15, -0.1) is 0 Å². The molecule has 1 N–H and O–H groups in total. The zero-order valence-corrected chi connectivity index (χ0v) is 12.8. The predicted molar refractivity (Wildman–Crippen MR) is 78.1 cm³/mol. The van der Waals surface area contributed by atoms with E-state index in [1.54, 1.807) is 6.20 Å². The SMILES string of the molecule is O=C(NC1CC1)C1COCCN1Cc1cncc(Br)c1. The van der Waals surface area contributed by atoms with E-state index in [4.69, 9.17) is 4.74 Å². The van der Waals surface area contributed by atoms with Crippen molar-refractivity contribution in [2.24, 2.45) is 0 Å². The fourth-order valence-corrected chi connectivity index (χ4v) is 2.78. The summed E-state index contributed by atoms with van der Waals surface area (Å²) in [7, 11) is 0. The Kier molecular flexibility index (Phi) is 4.33. The monoisotopic (exact) mass is 339 g/mol. The van der Waals surface area contributed by atoms with Crippen molar-refractivity contribution in [3.8, 4) is 0 Å². The van der Waals surface area contributed by atoms with Crippen LogP contribution in [0.2, 0.25) is 0 Å². The van der Waals surface area contributed by atoms with Crippen LogP contribution in [0.15, 0.2) is 22.9 Å². The van der Waals surface area contributed by atoms with Gasteiger partial charge in [-0.25, -0.2) is 0 Å². The summed E-state index contributed by atoms with van der Waals surface area (Å²) in [6.07, 6.45) is 5.82. The number of rotatable bonds is 4. The van der Waals surface area contributed by atoms with Crippen molar-refractivity contribution in [3.05, 3.63) is 28.5 Å². The molecule has 2 aliphatic rings. The fourth-order valence-electron chi connectivity index (χ4n) is 2.37. The third-order valence-corrected chi connectivity index (χ3v) is 4.05. The van der Waals surface area contributed by atoms with E-state index in [-0.39, 0.29) is 11.9 Å². The van der Waals surface area contributed by atoms with Crippen LogP contribution in [0.25, 0.3) is 0 Å². The van der Waals surface area contributed by atoms with E-state index in [0.717, 1.165) is 36.0 Å². The van der Waals surface area contributed by atoms with E-state index in [2.05, 4.69) is 31.1 Å². The van der Waals surface area contributed by atoms with Crippen LogP contribution in [-0.4, -0.2) is 47.6 Å². The molecular formula is C14H18BrN3O2. The third kappa shape index (κ3) is 3.56. The summed E-state index contributed by atoms with van der Waals surface area (Å²) in [6.45, 7) is 2.64. The predicted octanol–water partition coefficient (Wildman–Crippen LogP) is 1.32. The molecule has 108 valence electrons. The van der Waals surface area contributed by atoms with Crippen LogP contribution >= 0.6 is 15.9 Å². The van der Waals surface area contributed by atoms with Crippen molar-refractivity contribution in [2.45, 2.75) is 31.5 Å². The van der Waals surface area contributed by atoms with E-state index in [9.17, 15) is 4.79 Å². The third-order valence-electron chi connectivity index (χ3n) is 3.61. The van der Waals surface area contributed by atoms with Crippen molar-refractivity contribution in [3.63, 3.8) is 0 Å². The maximum absolute atomic E-state index is 12.3. The molecule has 1 unspecified atom stereocenters. The van der Waals surface area contributed by atoms with E-state index in [0.29, 0.717) is 19.3 Å². The topological polar surface area (TPSA) is 54.5 Å². The van der Waals surface area contributed by atoms with Crippen molar-refractivity contribution in [1.29, 1.82) is 0 Å². The quantitative estimate of drug-likeness (QED) is 0.898. The molecule has 1 saturated carbocycles. The van der Waals surface area contributed by atoms with E-state index in [1.165, 1.54) is 0 Å². The summed E-state index contributed by atoms with van der Waals surface area (Å²) >= 11 is 3.43. The van der Waals surface area contributed by atoms with E-state index >= 15 is 0 Å². The van der Waals surface area contributed by atoms with Gasteiger partial charge in [0.15, 0.2) is 0 Å². The molecule has 20 heavy (non-hydrogen) atoms. The second kappa shape index (κ2) is 6.20. The van der Waals surface area contributed by atoms with Crippen molar-refractivity contribution >= 4 is 21.8 Å². The summed E-state index contributed by atoms with van der Waals surface area (Å²) in [5.74, 6) is 0.0927. The zero-order valence-electron chi connectivity index (χ0n) is 11.2. The largest absolute Gasteiger partial charge is 0.378 e. The summed E-state index contributed by atoms with van der Waals surface area (Å²) in [6, 6.07) is 2.24. The first-order valence-electron chi connectivity index (χ1n) is 6.94. The summed E-state index contributed by atoms with van der Waals surface area (Å²) in [4.78, 5) is 18.6. The minimum Gasteiger partial charge on any atom is -0.378 e. The lowest BCUT2D eigenvalue weighted by Crippen LogP contribution is -2.53. The first kappa shape index (κ1) is 14.0. The lowest BCUT2D eigenvalue weighted by atomic mass is 10.1. The van der Waals surface area contributed by atoms with E-state index in [1.807, 2.05) is 12.3 Å². The van der Waals surface area contributed by atoms with Crippen LogP contribution < -0.4 is 5.32 Å². The van der Waals surface area contributed by atoms with Crippen LogP contribution in [0.4, 0.5) is 0 Å². The van der Waals surface area contributed by atoms with Crippen LogP contribution in [0, 0.1) is 0 Å². The average Bonchev–Trinajstić information content (AvgIpc) is 3.23. The van der Waals surface area contributed by atoms with Gasteiger partial charge in [0.25, 0.3) is 0 Å². The van der Waals surface area contributed by atoms with Gasteiger partial charge in [0, 0.05) is 36.0 Å². The second-order valence-corrected chi connectivity index (χ2v) is 6.27. The number of halogens is 1.